The lowest BCUT2D eigenvalue weighted by Gasteiger charge is -2.13. The third-order valence-corrected chi connectivity index (χ3v) is 4.29. The summed E-state index contributed by atoms with van der Waals surface area (Å²) < 4.78 is 58.5. The van der Waals surface area contributed by atoms with E-state index in [1.807, 2.05) is 0 Å². The van der Waals surface area contributed by atoms with Crippen molar-refractivity contribution < 1.29 is 22.3 Å². The monoisotopic (exact) mass is 399 g/mol. The fraction of sp³-hybridized carbons (Fsp3) is 0.357. The molecular formula is C14H14BrF4NOS. The van der Waals surface area contributed by atoms with Crippen LogP contribution < -0.4 is 0 Å². The Morgan fingerprint density at radius 3 is 2.45 bits per heavy atom. The Labute approximate surface area is 138 Å². The topological polar surface area (TPSA) is 21.6 Å². The van der Waals surface area contributed by atoms with E-state index in [4.69, 9.17) is 4.74 Å². The second kappa shape index (κ2) is 7.92. The molecule has 0 radical (unpaired) electrons. The van der Waals surface area contributed by atoms with E-state index in [-0.39, 0.29) is 12.1 Å². The minimum absolute atomic E-state index is 0.126. The van der Waals surface area contributed by atoms with Gasteiger partial charge in [0.15, 0.2) is 5.57 Å². The number of aliphatic imine (C=N–C) groups is 1. The van der Waals surface area contributed by atoms with Crippen molar-refractivity contribution in [3.8, 4) is 0 Å². The molecule has 0 atom stereocenters. The minimum atomic E-state index is -4.91. The van der Waals surface area contributed by atoms with E-state index in [0.717, 1.165) is 13.2 Å². The van der Waals surface area contributed by atoms with Gasteiger partial charge in [-0.25, -0.2) is 9.38 Å². The number of thiophene rings is 1. The number of ether oxygens (including phenoxy) is 1. The van der Waals surface area contributed by atoms with Crippen LogP contribution in [-0.4, -0.2) is 19.0 Å². The van der Waals surface area contributed by atoms with Gasteiger partial charge in [0.05, 0.1) is 12.8 Å². The van der Waals surface area contributed by atoms with Crippen LogP contribution >= 0.6 is 27.3 Å². The van der Waals surface area contributed by atoms with Crippen molar-refractivity contribution >= 4 is 33.0 Å². The quantitative estimate of drug-likeness (QED) is 0.257. The summed E-state index contributed by atoms with van der Waals surface area (Å²) in [6.07, 6.45) is -3.94. The number of hydrogen-bond acceptors (Lipinski definition) is 3. The lowest BCUT2D eigenvalue weighted by atomic mass is 10.2. The molecule has 0 aromatic carbocycles. The Bertz CT molecular complexity index is 617. The van der Waals surface area contributed by atoms with Gasteiger partial charge in [-0.3, -0.25) is 0 Å². The highest BCUT2D eigenvalue weighted by Gasteiger charge is 2.40. The predicted octanol–water partition coefficient (Wildman–Crippen LogP) is 6.00. The molecule has 1 rings (SSSR count). The van der Waals surface area contributed by atoms with Gasteiger partial charge in [-0.1, -0.05) is 6.92 Å². The van der Waals surface area contributed by atoms with Gasteiger partial charge in [0.1, 0.15) is 5.83 Å². The molecule has 0 fully saturated rings. The number of alkyl halides is 3. The van der Waals surface area contributed by atoms with Gasteiger partial charge in [0, 0.05) is 20.8 Å². The maximum atomic E-state index is 13.8. The first-order chi connectivity index (χ1) is 10.2. The molecule has 1 aromatic heterocycles. The fourth-order valence-corrected chi connectivity index (χ4v) is 3.22. The van der Waals surface area contributed by atoms with E-state index < -0.39 is 23.5 Å². The van der Waals surface area contributed by atoms with Crippen molar-refractivity contribution in [3.63, 3.8) is 0 Å². The Morgan fingerprint density at radius 2 is 2.05 bits per heavy atom. The van der Waals surface area contributed by atoms with Crippen molar-refractivity contribution in [1.29, 1.82) is 0 Å². The molecule has 0 N–H and O–H groups in total. The highest BCUT2D eigenvalue weighted by molar-refractivity contribution is 9.10. The number of hydrogen-bond donors (Lipinski definition) is 0. The van der Waals surface area contributed by atoms with E-state index in [0.29, 0.717) is 10.0 Å². The third kappa shape index (κ3) is 4.67. The zero-order valence-electron chi connectivity index (χ0n) is 12.1. The summed E-state index contributed by atoms with van der Waals surface area (Å²) in [5.74, 6) is -2.20. The van der Waals surface area contributed by atoms with Crippen LogP contribution in [0.1, 0.15) is 25.8 Å². The number of nitrogens with zero attached hydrogens (tertiary/aromatic N) is 1. The van der Waals surface area contributed by atoms with Crippen LogP contribution in [0.5, 0.6) is 0 Å². The van der Waals surface area contributed by atoms with Crippen molar-refractivity contribution in [2.45, 2.75) is 26.4 Å². The second-order valence-electron chi connectivity index (χ2n) is 4.17. The molecule has 8 heteroatoms. The van der Waals surface area contributed by atoms with E-state index >= 15 is 0 Å². The van der Waals surface area contributed by atoms with Crippen molar-refractivity contribution in [2.24, 2.45) is 4.99 Å². The van der Waals surface area contributed by atoms with E-state index in [1.165, 1.54) is 25.2 Å². The largest absolute Gasteiger partial charge is 0.480 e. The van der Waals surface area contributed by atoms with Crippen molar-refractivity contribution in [3.05, 3.63) is 44.2 Å². The molecule has 0 aliphatic carbocycles. The zero-order valence-corrected chi connectivity index (χ0v) is 14.5. The normalized spacial score (nSPS) is 14.9. The van der Waals surface area contributed by atoms with Crippen LogP contribution in [0.2, 0.25) is 0 Å². The van der Waals surface area contributed by atoms with Crippen LogP contribution in [0.3, 0.4) is 0 Å². The highest BCUT2D eigenvalue weighted by Crippen LogP contribution is 2.35. The summed E-state index contributed by atoms with van der Waals surface area (Å²) >= 11 is 4.64. The van der Waals surface area contributed by atoms with E-state index in [1.54, 1.807) is 10.8 Å². The van der Waals surface area contributed by atoms with Gasteiger partial charge in [0.2, 0.25) is 5.88 Å². The molecule has 0 unspecified atom stereocenters. The smallest absolute Gasteiger partial charge is 0.424 e. The lowest BCUT2D eigenvalue weighted by Crippen LogP contribution is -2.16. The van der Waals surface area contributed by atoms with Crippen molar-refractivity contribution in [1.82, 2.24) is 0 Å². The van der Waals surface area contributed by atoms with Crippen molar-refractivity contribution in [2.75, 3.05) is 7.11 Å². The number of halogens is 5. The van der Waals surface area contributed by atoms with Gasteiger partial charge >= 0.3 is 6.18 Å². The Balaban J connectivity index is 3.46. The molecule has 122 valence electrons. The number of methoxy groups -OCH3 is 1. The average Bonchev–Trinajstić information content (AvgIpc) is 2.82. The van der Waals surface area contributed by atoms with Crippen LogP contribution in [0.4, 0.5) is 17.6 Å². The molecule has 0 aliphatic rings. The van der Waals surface area contributed by atoms with Crippen LogP contribution in [0.25, 0.3) is 0 Å². The van der Waals surface area contributed by atoms with Crippen LogP contribution in [0.15, 0.2) is 43.6 Å². The maximum absolute atomic E-state index is 13.8. The first kappa shape index (κ1) is 18.9. The van der Waals surface area contributed by atoms with Crippen LogP contribution in [0, 0.1) is 0 Å². The summed E-state index contributed by atoms with van der Waals surface area (Å²) in [7, 11) is 1.03. The predicted molar refractivity (Wildman–Crippen MR) is 83.8 cm³/mol. The SMILES string of the molecule is CC/C=C(F)/C(=C(\N=C(C)c1cscc1Br)OC)C(F)(F)F. The van der Waals surface area contributed by atoms with E-state index in [9.17, 15) is 17.6 Å². The first-order valence-corrected chi connectivity index (χ1v) is 7.94. The molecular weight excluding hydrogens is 386 g/mol. The molecule has 22 heavy (non-hydrogen) atoms. The molecule has 0 aliphatic heterocycles. The third-order valence-electron chi connectivity index (χ3n) is 2.59. The van der Waals surface area contributed by atoms with Gasteiger partial charge < -0.3 is 4.74 Å². The molecule has 0 saturated heterocycles. The van der Waals surface area contributed by atoms with Gasteiger partial charge in [-0.2, -0.15) is 24.5 Å². The lowest BCUT2D eigenvalue weighted by molar-refractivity contribution is -0.0944. The second-order valence-corrected chi connectivity index (χ2v) is 5.77. The summed E-state index contributed by atoms with van der Waals surface area (Å²) in [5.41, 5.74) is -0.598. The molecule has 2 nitrogen and oxygen atoms in total. The zero-order chi connectivity index (χ0) is 16.9. The molecule has 1 aromatic rings. The van der Waals surface area contributed by atoms with Gasteiger partial charge in [-0.15, -0.1) is 0 Å². The summed E-state index contributed by atoms with van der Waals surface area (Å²) in [4.78, 5) is 3.82. The fourth-order valence-electron chi connectivity index (χ4n) is 1.60. The minimum Gasteiger partial charge on any atom is -0.480 e. The van der Waals surface area contributed by atoms with E-state index in [2.05, 4.69) is 20.9 Å². The Hall–Kier alpha value is -1.15. The summed E-state index contributed by atoms with van der Waals surface area (Å²) in [6, 6.07) is 0. The molecule has 0 spiro atoms. The number of allylic oxidation sites excluding steroid dienone is 3. The molecule has 0 amide bonds. The highest BCUT2D eigenvalue weighted by atomic mass is 79.9. The standard InChI is InChI=1S/C14H14BrF4NOS/c1-4-5-11(16)12(14(17,18)19)13(21-3)20-8(2)9-6-22-7-10(9)15/h5-7H,4H2,1-3H3/b11-5-,13-12-,20-8?. The van der Waals surface area contributed by atoms with Crippen LogP contribution in [-0.2, 0) is 4.74 Å². The molecule has 0 bridgehead atoms. The first-order valence-electron chi connectivity index (χ1n) is 6.21. The summed E-state index contributed by atoms with van der Waals surface area (Å²) in [5, 5.41) is 3.49. The Morgan fingerprint density at radius 1 is 1.41 bits per heavy atom. The maximum Gasteiger partial charge on any atom is 0.424 e. The average molecular weight is 400 g/mol. The van der Waals surface area contributed by atoms with Gasteiger partial charge in [0.25, 0.3) is 0 Å². The summed E-state index contributed by atoms with van der Waals surface area (Å²) in [6.45, 7) is 3.07. The number of rotatable bonds is 5. The molecule has 0 saturated carbocycles. The van der Waals surface area contributed by atoms with Gasteiger partial charge in [-0.05, 0) is 35.4 Å². The Kier molecular flexibility index (Phi) is 6.80. The molecule has 1 heterocycles.